The van der Waals surface area contributed by atoms with Crippen molar-refractivity contribution in [2.24, 2.45) is 0 Å². The summed E-state index contributed by atoms with van der Waals surface area (Å²) in [5.41, 5.74) is 2.53. The predicted octanol–water partition coefficient (Wildman–Crippen LogP) is 2.55. The fraction of sp³-hybridized carbons (Fsp3) is 0.278. The van der Waals surface area contributed by atoms with Crippen molar-refractivity contribution in [2.75, 3.05) is 0 Å². The smallest absolute Gasteiger partial charge is 0.253 e. The average molecular weight is 353 g/mol. The number of aryl methyl sites for hydroxylation is 1. The van der Waals surface area contributed by atoms with Gasteiger partial charge in [-0.3, -0.25) is 4.79 Å². The fourth-order valence-electron chi connectivity index (χ4n) is 2.28. The minimum Gasteiger partial charge on any atom is -0.473 e. The molecule has 26 heavy (non-hydrogen) atoms. The molecule has 3 aromatic rings. The molecule has 134 valence electrons. The Morgan fingerprint density at radius 2 is 2.12 bits per heavy atom. The zero-order chi connectivity index (χ0) is 18.5. The van der Waals surface area contributed by atoms with E-state index in [0.717, 1.165) is 5.56 Å². The molecular weight excluding hydrogens is 334 g/mol. The molecule has 0 saturated carbocycles. The minimum absolute atomic E-state index is 0.0650. The second-order valence-electron chi connectivity index (χ2n) is 5.96. The fourth-order valence-corrected chi connectivity index (χ4v) is 2.28. The van der Waals surface area contributed by atoms with Gasteiger partial charge in [0.1, 0.15) is 24.4 Å². The van der Waals surface area contributed by atoms with Gasteiger partial charge in [-0.25, -0.2) is 15.0 Å². The number of carbonyl (C=O) groups excluding carboxylic acids is 1. The third-order valence-electron chi connectivity index (χ3n) is 3.59. The molecule has 0 aliphatic heterocycles. The largest absolute Gasteiger partial charge is 0.473 e. The Balaban J connectivity index is 1.70. The third-order valence-corrected chi connectivity index (χ3v) is 3.59. The van der Waals surface area contributed by atoms with Crippen LogP contribution in [-0.4, -0.2) is 32.1 Å². The van der Waals surface area contributed by atoms with Gasteiger partial charge >= 0.3 is 0 Å². The summed E-state index contributed by atoms with van der Waals surface area (Å²) in [4.78, 5) is 24.2. The summed E-state index contributed by atoms with van der Waals surface area (Å²) in [5.74, 6) is 0.881. The van der Waals surface area contributed by atoms with Crippen molar-refractivity contribution < 1.29 is 14.1 Å². The van der Waals surface area contributed by atoms with E-state index in [1.807, 2.05) is 20.8 Å². The lowest BCUT2D eigenvalue weighted by molar-refractivity contribution is 0.0942. The lowest BCUT2D eigenvalue weighted by atomic mass is 10.1. The third kappa shape index (κ3) is 4.02. The SMILES string of the molecule is Cc1onc(-c2ccncn2)c1COc1ccc(C(=O)NC(C)C)cn1. The molecular formula is C18H19N5O3. The standard InChI is InChI=1S/C18H19N5O3/c1-11(2)22-18(24)13-4-5-16(20-8-13)25-9-14-12(3)26-23-17(14)15-6-7-19-10-21-15/h4-8,10-11H,9H2,1-3H3,(H,22,24). The van der Waals surface area contributed by atoms with E-state index in [0.29, 0.717) is 28.6 Å². The summed E-state index contributed by atoms with van der Waals surface area (Å²) in [6.45, 7) is 5.83. The quantitative estimate of drug-likeness (QED) is 0.726. The number of hydrogen-bond acceptors (Lipinski definition) is 7. The molecule has 0 aliphatic carbocycles. The Morgan fingerprint density at radius 1 is 1.27 bits per heavy atom. The number of nitrogens with one attached hydrogen (secondary N) is 1. The van der Waals surface area contributed by atoms with E-state index in [2.05, 4.69) is 25.4 Å². The molecule has 0 unspecified atom stereocenters. The number of rotatable bonds is 6. The highest BCUT2D eigenvalue weighted by molar-refractivity contribution is 5.94. The van der Waals surface area contributed by atoms with E-state index in [-0.39, 0.29) is 18.6 Å². The monoisotopic (exact) mass is 353 g/mol. The maximum Gasteiger partial charge on any atom is 0.253 e. The van der Waals surface area contributed by atoms with Gasteiger partial charge in [0.15, 0.2) is 0 Å². The van der Waals surface area contributed by atoms with Crippen LogP contribution in [-0.2, 0) is 6.61 Å². The first-order valence-corrected chi connectivity index (χ1v) is 8.16. The summed E-state index contributed by atoms with van der Waals surface area (Å²) in [6.07, 6.45) is 4.57. The van der Waals surface area contributed by atoms with E-state index < -0.39 is 0 Å². The lowest BCUT2D eigenvalue weighted by Gasteiger charge is -2.09. The summed E-state index contributed by atoms with van der Waals surface area (Å²) in [5, 5.41) is 6.86. The molecule has 3 heterocycles. The molecule has 1 amide bonds. The molecule has 0 aromatic carbocycles. The van der Waals surface area contributed by atoms with E-state index in [1.165, 1.54) is 12.5 Å². The van der Waals surface area contributed by atoms with Gasteiger partial charge < -0.3 is 14.6 Å². The van der Waals surface area contributed by atoms with Crippen LogP contribution in [0.1, 0.15) is 35.5 Å². The highest BCUT2D eigenvalue weighted by atomic mass is 16.5. The lowest BCUT2D eigenvalue weighted by Crippen LogP contribution is -2.30. The second kappa shape index (κ2) is 7.73. The second-order valence-corrected chi connectivity index (χ2v) is 5.96. The Bertz CT molecular complexity index is 876. The van der Waals surface area contributed by atoms with Crippen molar-refractivity contribution in [3.63, 3.8) is 0 Å². The van der Waals surface area contributed by atoms with Crippen LogP contribution in [0.25, 0.3) is 11.4 Å². The first-order valence-electron chi connectivity index (χ1n) is 8.16. The van der Waals surface area contributed by atoms with Gasteiger partial charge in [0.25, 0.3) is 5.91 Å². The van der Waals surface area contributed by atoms with Crippen LogP contribution in [0, 0.1) is 6.92 Å². The number of amides is 1. The van der Waals surface area contributed by atoms with E-state index in [4.69, 9.17) is 9.26 Å². The van der Waals surface area contributed by atoms with Crippen molar-refractivity contribution in [2.45, 2.75) is 33.4 Å². The van der Waals surface area contributed by atoms with Gasteiger partial charge in [0.2, 0.25) is 5.88 Å². The van der Waals surface area contributed by atoms with E-state index in [1.54, 1.807) is 24.4 Å². The zero-order valence-corrected chi connectivity index (χ0v) is 14.8. The predicted molar refractivity (Wildman–Crippen MR) is 93.4 cm³/mol. The van der Waals surface area contributed by atoms with Crippen LogP contribution >= 0.6 is 0 Å². The van der Waals surface area contributed by atoms with Crippen LogP contribution in [0.2, 0.25) is 0 Å². The van der Waals surface area contributed by atoms with Gasteiger partial charge in [-0.15, -0.1) is 0 Å². The maximum absolute atomic E-state index is 11.9. The minimum atomic E-state index is -0.167. The normalized spacial score (nSPS) is 10.8. The van der Waals surface area contributed by atoms with Gasteiger partial charge in [0.05, 0.1) is 16.8 Å². The highest BCUT2D eigenvalue weighted by Gasteiger charge is 2.16. The number of carbonyl (C=O) groups is 1. The van der Waals surface area contributed by atoms with E-state index in [9.17, 15) is 4.79 Å². The number of pyridine rings is 1. The topological polar surface area (TPSA) is 103 Å². The summed E-state index contributed by atoms with van der Waals surface area (Å²) < 4.78 is 11.0. The molecule has 3 rings (SSSR count). The van der Waals surface area contributed by atoms with Crippen LogP contribution in [0.5, 0.6) is 5.88 Å². The van der Waals surface area contributed by atoms with Gasteiger partial charge in [-0.05, 0) is 32.9 Å². The number of nitrogens with zero attached hydrogens (tertiary/aromatic N) is 4. The Labute approximate surface area is 150 Å². The number of ether oxygens (including phenoxy) is 1. The molecule has 0 atom stereocenters. The Kier molecular flexibility index (Phi) is 5.21. The van der Waals surface area contributed by atoms with E-state index >= 15 is 0 Å². The zero-order valence-electron chi connectivity index (χ0n) is 14.8. The number of hydrogen-bond donors (Lipinski definition) is 1. The van der Waals surface area contributed by atoms with Gasteiger partial charge in [-0.1, -0.05) is 5.16 Å². The van der Waals surface area contributed by atoms with Crippen LogP contribution < -0.4 is 10.1 Å². The first-order chi connectivity index (χ1) is 12.5. The summed E-state index contributed by atoms with van der Waals surface area (Å²) in [6, 6.07) is 5.14. The molecule has 0 fully saturated rings. The van der Waals surface area contributed by atoms with Crippen molar-refractivity contribution in [1.29, 1.82) is 0 Å². The summed E-state index contributed by atoms with van der Waals surface area (Å²) in [7, 11) is 0. The molecule has 8 nitrogen and oxygen atoms in total. The molecule has 3 aromatic heterocycles. The highest BCUT2D eigenvalue weighted by Crippen LogP contribution is 2.24. The van der Waals surface area contributed by atoms with Crippen molar-refractivity contribution in [1.82, 2.24) is 25.4 Å². The molecule has 8 heteroatoms. The molecule has 0 spiro atoms. The molecule has 0 saturated heterocycles. The van der Waals surface area contributed by atoms with Crippen LogP contribution in [0.15, 0.2) is 41.4 Å². The van der Waals surface area contributed by atoms with Crippen LogP contribution in [0.4, 0.5) is 0 Å². The Morgan fingerprint density at radius 3 is 2.77 bits per heavy atom. The Hall–Kier alpha value is -3.29. The van der Waals surface area contributed by atoms with Crippen molar-refractivity contribution >= 4 is 5.91 Å². The number of aromatic nitrogens is 4. The molecule has 0 radical (unpaired) electrons. The van der Waals surface area contributed by atoms with Crippen molar-refractivity contribution in [3.05, 3.63) is 53.8 Å². The summed E-state index contributed by atoms with van der Waals surface area (Å²) >= 11 is 0. The molecule has 0 bridgehead atoms. The molecule has 1 N–H and O–H groups in total. The van der Waals surface area contributed by atoms with Gasteiger partial charge in [0, 0.05) is 24.5 Å². The van der Waals surface area contributed by atoms with Crippen molar-refractivity contribution in [3.8, 4) is 17.3 Å². The first kappa shape index (κ1) is 17.5. The molecule has 0 aliphatic rings. The maximum atomic E-state index is 11.9. The average Bonchev–Trinajstić information content (AvgIpc) is 3.01. The van der Waals surface area contributed by atoms with Gasteiger partial charge in [-0.2, -0.15) is 0 Å². The van der Waals surface area contributed by atoms with Crippen LogP contribution in [0.3, 0.4) is 0 Å².